The average Bonchev–Trinajstić information content (AvgIpc) is 2.66. The Bertz CT molecular complexity index is 384. The van der Waals surface area contributed by atoms with Gasteiger partial charge in [0.05, 0.1) is 18.2 Å². The Morgan fingerprint density at radius 2 is 1.89 bits per heavy atom. The van der Waals surface area contributed by atoms with Gasteiger partial charge in [-0.3, -0.25) is 0 Å². The highest BCUT2D eigenvalue weighted by molar-refractivity contribution is 6.31. The maximum Gasteiger partial charge on any atom is 0.126 e. The van der Waals surface area contributed by atoms with Crippen LogP contribution in [0.5, 0.6) is 5.75 Å². The lowest BCUT2D eigenvalue weighted by Crippen LogP contribution is -2.13. The number of aliphatic hydroxyl groups is 1. The van der Waals surface area contributed by atoms with Gasteiger partial charge in [-0.2, -0.15) is 0 Å². The number of rotatable bonds is 3. The molecule has 18 heavy (non-hydrogen) atoms. The fourth-order valence-corrected chi connectivity index (χ4v) is 3.12. The van der Waals surface area contributed by atoms with Crippen molar-refractivity contribution in [2.45, 2.75) is 44.6 Å². The van der Waals surface area contributed by atoms with E-state index in [-0.39, 0.29) is 0 Å². The van der Waals surface area contributed by atoms with Crippen molar-refractivity contribution in [1.29, 1.82) is 0 Å². The van der Waals surface area contributed by atoms with Crippen molar-refractivity contribution in [3.05, 3.63) is 28.8 Å². The molecule has 2 nitrogen and oxygen atoms in total. The first-order valence-corrected chi connectivity index (χ1v) is 7.12. The zero-order valence-corrected chi connectivity index (χ0v) is 11.6. The van der Waals surface area contributed by atoms with Crippen molar-refractivity contribution >= 4 is 11.6 Å². The van der Waals surface area contributed by atoms with Gasteiger partial charge in [0.1, 0.15) is 5.75 Å². The summed E-state index contributed by atoms with van der Waals surface area (Å²) in [6, 6.07) is 5.53. The van der Waals surface area contributed by atoms with Gasteiger partial charge in [0.25, 0.3) is 0 Å². The maximum atomic E-state index is 10.6. The summed E-state index contributed by atoms with van der Waals surface area (Å²) in [5.41, 5.74) is 0.758. The van der Waals surface area contributed by atoms with E-state index in [9.17, 15) is 5.11 Å². The molecule has 0 heterocycles. The van der Waals surface area contributed by atoms with Crippen LogP contribution in [0.15, 0.2) is 18.2 Å². The van der Waals surface area contributed by atoms with Gasteiger partial charge >= 0.3 is 0 Å². The molecule has 100 valence electrons. The summed E-state index contributed by atoms with van der Waals surface area (Å²) in [6.45, 7) is 0. The van der Waals surface area contributed by atoms with E-state index in [1.54, 1.807) is 7.11 Å². The second kappa shape index (κ2) is 6.44. The molecule has 1 fully saturated rings. The topological polar surface area (TPSA) is 29.5 Å². The van der Waals surface area contributed by atoms with E-state index in [1.165, 1.54) is 25.7 Å². The second-order valence-electron chi connectivity index (χ2n) is 5.05. The SMILES string of the molecule is COc1cccc(Cl)c1C(O)C1CCCCCC1. The molecule has 2 rings (SSSR count). The van der Waals surface area contributed by atoms with Gasteiger partial charge in [0.15, 0.2) is 0 Å². The van der Waals surface area contributed by atoms with E-state index in [0.717, 1.165) is 18.4 Å². The molecule has 1 unspecified atom stereocenters. The number of ether oxygens (including phenoxy) is 1. The molecule has 0 radical (unpaired) electrons. The molecule has 0 amide bonds. The summed E-state index contributed by atoms with van der Waals surface area (Å²) >= 11 is 6.22. The smallest absolute Gasteiger partial charge is 0.126 e. The molecule has 1 aromatic rings. The highest BCUT2D eigenvalue weighted by Gasteiger charge is 2.26. The summed E-state index contributed by atoms with van der Waals surface area (Å²) < 4.78 is 5.32. The summed E-state index contributed by atoms with van der Waals surface area (Å²) in [5.74, 6) is 1.00. The first-order valence-electron chi connectivity index (χ1n) is 6.74. The minimum atomic E-state index is -0.508. The van der Waals surface area contributed by atoms with Crippen LogP contribution in [0, 0.1) is 5.92 Å². The average molecular weight is 269 g/mol. The summed E-state index contributed by atoms with van der Waals surface area (Å²) in [4.78, 5) is 0. The van der Waals surface area contributed by atoms with E-state index in [2.05, 4.69) is 0 Å². The van der Waals surface area contributed by atoms with Crippen LogP contribution in [0.25, 0.3) is 0 Å². The lowest BCUT2D eigenvalue weighted by atomic mass is 9.89. The number of methoxy groups -OCH3 is 1. The van der Waals surface area contributed by atoms with Gasteiger partial charge in [0, 0.05) is 5.56 Å². The number of hydrogen-bond acceptors (Lipinski definition) is 2. The monoisotopic (exact) mass is 268 g/mol. The van der Waals surface area contributed by atoms with Crippen molar-refractivity contribution in [1.82, 2.24) is 0 Å². The van der Waals surface area contributed by atoms with E-state index >= 15 is 0 Å². The fourth-order valence-electron chi connectivity index (χ4n) is 2.84. The van der Waals surface area contributed by atoms with E-state index < -0.39 is 6.10 Å². The molecular weight excluding hydrogens is 248 g/mol. The van der Waals surface area contributed by atoms with Gasteiger partial charge in [-0.05, 0) is 30.9 Å². The Kier molecular flexibility index (Phi) is 4.90. The number of aliphatic hydroxyl groups excluding tert-OH is 1. The van der Waals surface area contributed by atoms with Gasteiger partial charge in [-0.1, -0.05) is 43.4 Å². The van der Waals surface area contributed by atoms with Crippen LogP contribution in [-0.2, 0) is 0 Å². The van der Waals surface area contributed by atoms with Crippen LogP contribution in [0.3, 0.4) is 0 Å². The molecule has 3 heteroatoms. The molecule has 1 N–H and O–H groups in total. The lowest BCUT2D eigenvalue weighted by Gasteiger charge is -2.24. The van der Waals surface area contributed by atoms with Gasteiger partial charge in [0.2, 0.25) is 0 Å². The number of benzene rings is 1. The van der Waals surface area contributed by atoms with Gasteiger partial charge in [-0.15, -0.1) is 0 Å². The van der Waals surface area contributed by atoms with Crippen LogP contribution < -0.4 is 4.74 Å². The van der Waals surface area contributed by atoms with Crippen LogP contribution in [0.4, 0.5) is 0 Å². The summed E-state index contributed by atoms with van der Waals surface area (Å²) in [7, 11) is 1.62. The van der Waals surface area contributed by atoms with Crippen LogP contribution in [-0.4, -0.2) is 12.2 Å². The summed E-state index contributed by atoms with van der Waals surface area (Å²) in [5, 5.41) is 11.2. The van der Waals surface area contributed by atoms with Gasteiger partial charge < -0.3 is 9.84 Å². The fraction of sp³-hybridized carbons (Fsp3) is 0.600. The Hall–Kier alpha value is -0.730. The largest absolute Gasteiger partial charge is 0.496 e. The molecule has 0 aliphatic heterocycles. The first-order chi connectivity index (χ1) is 8.74. The first kappa shape index (κ1) is 13.7. The second-order valence-corrected chi connectivity index (χ2v) is 5.46. The number of halogens is 1. The van der Waals surface area contributed by atoms with Crippen LogP contribution >= 0.6 is 11.6 Å². The minimum absolute atomic E-state index is 0.307. The normalized spacial score (nSPS) is 19.3. The maximum absolute atomic E-state index is 10.6. The number of hydrogen-bond donors (Lipinski definition) is 1. The summed E-state index contributed by atoms with van der Waals surface area (Å²) in [6.07, 6.45) is 6.62. The Balaban J connectivity index is 2.23. The molecule has 1 saturated carbocycles. The highest BCUT2D eigenvalue weighted by atomic mass is 35.5. The van der Waals surface area contributed by atoms with E-state index in [4.69, 9.17) is 16.3 Å². The quantitative estimate of drug-likeness (QED) is 0.826. The van der Waals surface area contributed by atoms with Crippen molar-refractivity contribution in [2.24, 2.45) is 5.92 Å². The predicted octanol–water partition coefficient (Wildman–Crippen LogP) is 4.35. The lowest BCUT2D eigenvalue weighted by molar-refractivity contribution is 0.0962. The minimum Gasteiger partial charge on any atom is -0.496 e. The third-order valence-corrected chi connectivity index (χ3v) is 4.20. The van der Waals surface area contributed by atoms with Crippen molar-refractivity contribution in [2.75, 3.05) is 7.11 Å². The van der Waals surface area contributed by atoms with Crippen molar-refractivity contribution < 1.29 is 9.84 Å². The van der Waals surface area contributed by atoms with E-state index in [1.807, 2.05) is 18.2 Å². The molecule has 1 aromatic carbocycles. The van der Waals surface area contributed by atoms with Crippen molar-refractivity contribution in [3.8, 4) is 5.75 Å². The molecule has 0 spiro atoms. The molecule has 0 saturated heterocycles. The third kappa shape index (κ3) is 2.99. The molecule has 1 aliphatic rings. The predicted molar refractivity (Wildman–Crippen MR) is 74.2 cm³/mol. The molecule has 0 bridgehead atoms. The Morgan fingerprint density at radius 1 is 1.22 bits per heavy atom. The highest BCUT2D eigenvalue weighted by Crippen LogP contribution is 2.40. The van der Waals surface area contributed by atoms with Crippen LogP contribution in [0.1, 0.15) is 50.2 Å². The molecule has 1 aliphatic carbocycles. The Labute approximate surface area is 114 Å². The third-order valence-electron chi connectivity index (χ3n) is 3.87. The zero-order chi connectivity index (χ0) is 13.0. The standard InChI is InChI=1S/C15H21ClO2/c1-18-13-10-6-9-12(16)14(13)15(17)11-7-4-2-3-5-8-11/h6,9-11,15,17H,2-5,7-8H2,1H3. The van der Waals surface area contributed by atoms with Crippen LogP contribution in [0.2, 0.25) is 5.02 Å². The molecular formula is C15H21ClO2. The van der Waals surface area contributed by atoms with Gasteiger partial charge in [-0.25, -0.2) is 0 Å². The molecule has 0 aromatic heterocycles. The Morgan fingerprint density at radius 3 is 2.50 bits per heavy atom. The van der Waals surface area contributed by atoms with Crippen molar-refractivity contribution in [3.63, 3.8) is 0 Å². The zero-order valence-electron chi connectivity index (χ0n) is 10.9. The molecule has 1 atom stereocenters. The van der Waals surface area contributed by atoms with E-state index in [0.29, 0.717) is 16.7 Å².